The molecule has 1 aliphatic heterocycles. The van der Waals surface area contributed by atoms with Crippen LogP contribution in [0.15, 0.2) is 47.4 Å². The van der Waals surface area contributed by atoms with Crippen molar-refractivity contribution in [3.05, 3.63) is 53.6 Å². The molecule has 10 nitrogen and oxygen atoms in total. The van der Waals surface area contributed by atoms with E-state index >= 15 is 0 Å². The quantitative estimate of drug-likeness (QED) is 0.467. The van der Waals surface area contributed by atoms with E-state index in [1.807, 2.05) is 27.7 Å². The van der Waals surface area contributed by atoms with E-state index in [0.29, 0.717) is 5.69 Å². The van der Waals surface area contributed by atoms with Gasteiger partial charge in [0.1, 0.15) is 11.9 Å². The van der Waals surface area contributed by atoms with Crippen LogP contribution in [0.25, 0.3) is 0 Å². The molecular weight excluding hydrogens is 508 g/mol. The van der Waals surface area contributed by atoms with Crippen LogP contribution in [0.1, 0.15) is 43.6 Å². The molecule has 208 valence electrons. The Hall–Kier alpha value is -3.15. The number of likely N-dealkylation sites (N-methyl/N-ethyl adjacent to an activating group) is 1. The molecular formula is C27H38N4O6S. The molecule has 0 aliphatic carbocycles. The van der Waals surface area contributed by atoms with E-state index in [4.69, 9.17) is 4.74 Å². The molecule has 0 aromatic heterocycles. The zero-order chi connectivity index (χ0) is 28.2. The lowest BCUT2D eigenvalue weighted by molar-refractivity contribution is 0.0387. The molecule has 3 atom stereocenters. The van der Waals surface area contributed by atoms with Crippen LogP contribution in [0.3, 0.4) is 0 Å². The number of benzene rings is 2. The van der Waals surface area contributed by atoms with Crippen molar-refractivity contribution >= 4 is 27.6 Å². The van der Waals surface area contributed by atoms with Crippen LogP contribution in [0, 0.1) is 12.8 Å². The van der Waals surface area contributed by atoms with Gasteiger partial charge in [0, 0.05) is 31.2 Å². The van der Waals surface area contributed by atoms with Gasteiger partial charge in [0.15, 0.2) is 0 Å². The summed E-state index contributed by atoms with van der Waals surface area (Å²) in [4.78, 5) is 27.5. The zero-order valence-corrected chi connectivity index (χ0v) is 23.6. The molecule has 1 heterocycles. The summed E-state index contributed by atoms with van der Waals surface area (Å²) in [7, 11) is -2.27. The molecule has 0 spiro atoms. The van der Waals surface area contributed by atoms with Crippen molar-refractivity contribution in [2.75, 3.05) is 32.1 Å². The molecule has 0 fully saturated rings. The third-order valence-corrected chi connectivity index (χ3v) is 8.35. The Bertz CT molecular complexity index is 1250. The monoisotopic (exact) mass is 546 g/mol. The van der Waals surface area contributed by atoms with Crippen LogP contribution in [-0.4, -0.2) is 79.6 Å². The first-order valence-corrected chi connectivity index (χ1v) is 14.1. The van der Waals surface area contributed by atoms with Crippen molar-refractivity contribution in [3.8, 4) is 5.75 Å². The van der Waals surface area contributed by atoms with Gasteiger partial charge in [-0.05, 0) is 58.0 Å². The predicted octanol–water partition coefficient (Wildman–Crippen LogP) is 3.07. The average molecular weight is 547 g/mol. The van der Waals surface area contributed by atoms with Gasteiger partial charge in [-0.25, -0.2) is 13.2 Å². The molecule has 3 N–H and O–H groups in total. The molecule has 0 unspecified atom stereocenters. The van der Waals surface area contributed by atoms with E-state index in [-0.39, 0.29) is 53.8 Å². The van der Waals surface area contributed by atoms with Crippen LogP contribution < -0.4 is 15.4 Å². The number of fused-ring (bicyclic) bond motifs is 1. The van der Waals surface area contributed by atoms with E-state index in [2.05, 4.69) is 10.6 Å². The Morgan fingerprint density at radius 1 is 1.18 bits per heavy atom. The Morgan fingerprint density at radius 3 is 2.45 bits per heavy atom. The van der Waals surface area contributed by atoms with E-state index in [9.17, 15) is 23.1 Å². The van der Waals surface area contributed by atoms with Gasteiger partial charge in [-0.2, -0.15) is 4.31 Å². The minimum atomic E-state index is -3.77. The number of sulfonamides is 1. The molecule has 0 saturated carbocycles. The number of ether oxygens (including phenoxy) is 1. The maximum atomic E-state index is 13.6. The number of hydrogen-bond donors (Lipinski definition) is 3. The number of rotatable bonds is 8. The highest BCUT2D eigenvalue weighted by molar-refractivity contribution is 7.89. The molecule has 3 amide bonds. The summed E-state index contributed by atoms with van der Waals surface area (Å²) >= 11 is 0. The second-order valence-electron chi connectivity index (χ2n) is 10.2. The van der Waals surface area contributed by atoms with Crippen molar-refractivity contribution in [1.29, 1.82) is 0 Å². The van der Waals surface area contributed by atoms with Gasteiger partial charge in [0.2, 0.25) is 10.0 Å². The topological polar surface area (TPSA) is 128 Å². The second-order valence-corrected chi connectivity index (χ2v) is 12.2. The molecule has 11 heteroatoms. The highest BCUT2D eigenvalue weighted by atomic mass is 32.2. The summed E-state index contributed by atoms with van der Waals surface area (Å²) < 4.78 is 34.0. The number of aliphatic hydroxyl groups excluding tert-OH is 1. The minimum absolute atomic E-state index is 0.0448. The van der Waals surface area contributed by atoms with Crippen molar-refractivity contribution in [2.24, 2.45) is 5.92 Å². The highest BCUT2D eigenvalue weighted by Crippen LogP contribution is 2.31. The Morgan fingerprint density at radius 2 is 1.84 bits per heavy atom. The number of carbonyl (C=O) groups is 2. The molecule has 1 aliphatic rings. The van der Waals surface area contributed by atoms with Crippen molar-refractivity contribution < 1.29 is 27.9 Å². The fourth-order valence-electron chi connectivity index (χ4n) is 4.19. The maximum Gasteiger partial charge on any atom is 0.319 e. The number of anilines is 1. The van der Waals surface area contributed by atoms with Crippen molar-refractivity contribution in [2.45, 2.75) is 57.7 Å². The maximum absolute atomic E-state index is 13.6. The molecule has 0 radical (unpaired) electrons. The first kappa shape index (κ1) is 29.4. The lowest BCUT2D eigenvalue weighted by atomic mass is 9.99. The number of aliphatic hydroxyl groups is 1. The van der Waals surface area contributed by atoms with Gasteiger partial charge in [0.25, 0.3) is 5.91 Å². The van der Waals surface area contributed by atoms with E-state index in [1.165, 1.54) is 17.4 Å². The van der Waals surface area contributed by atoms with Gasteiger partial charge >= 0.3 is 6.03 Å². The molecule has 0 bridgehead atoms. The highest BCUT2D eigenvalue weighted by Gasteiger charge is 2.35. The number of nitrogens with zero attached hydrogens (tertiary/aromatic N) is 2. The third kappa shape index (κ3) is 6.83. The number of carbonyl (C=O) groups excluding carboxylic acids is 2. The van der Waals surface area contributed by atoms with Gasteiger partial charge < -0.3 is 25.4 Å². The Labute approximate surface area is 225 Å². The van der Waals surface area contributed by atoms with E-state index in [1.54, 1.807) is 48.2 Å². The standard InChI is InChI=1S/C27H38N4O6S/c1-17(2)28-27(34)29-21-9-12-24-23(13-21)26(33)31(20(5)16-32)14-19(4)25(37-24)15-30(6)38(35,36)22-10-7-18(3)8-11-22/h7-13,17,19-20,25,32H,14-16H2,1-6H3,(H2,28,29,34)/t19-,20-,25-/m0/s1. The summed E-state index contributed by atoms with van der Waals surface area (Å²) in [6, 6.07) is 10.5. The van der Waals surface area contributed by atoms with Gasteiger partial charge in [-0.3, -0.25) is 4.79 Å². The lowest BCUT2D eigenvalue weighted by Crippen LogP contribution is -2.50. The van der Waals surface area contributed by atoms with E-state index in [0.717, 1.165) is 5.56 Å². The Balaban J connectivity index is 1.94. The third-order valence-electron chi connectivity index (χ3n) is 6.51. The second kappa shape index (κ2) is 12.1. The van der Waals surface area contributed by atoms with Gasteiger partial charge in [0.05, 0.1) is 29.7 Å². The molecule has 0 saturated heterocycles. The summed E-state index contributed by atoms with van der Waals surface area (Å²) in [5, 5.41) is 15.3. The summed E-state index contributed by atoms with van der Waals surface area (Å²) in [5.41, 5.74) is 1.58. The number of nitrogens with one attached hydrogen (secondary N) is 2. The van der Waals surface area contributed by atoms with Gasteiger partial charge in [-0.1, -0.05) is 24.6 Å². The van der Waals surface area contributed by atoms with Crippen LogP contribution >= 0.6 is 0 Å². The van der Waals surface area contributed by atoms with Crippen LogP contribution in [0.2, 0.25) is 0 Å². The predicted molar refractivity (Wildman–Crippen MR) is 146 cm³/mol. The largest absolute Gasteiger partial charge is 0.488 e. The summed E-state index contributed by atoms with van der Waals surface area (Å²) in [6.07, 6.45) is -0.594. The zero-order valence-electron chi connectivity index (χ0n) is 22.8. The smallest absolute Gasteiger partial charge is 0.319 e. The number of amides is 3. The average Bonchev–Trinajstić information content (AvgIpc) is 2.85. The van der Waals surface area contributed by atoms with Crippen molar-refractivity contribution in [3.63, 3.8) is 0 Å². The molecule has 38 heavy (non-hydrogen) atoms. The number of urea groups is 1. The molecule has 3 rings (SSSR count). The number of hydrogen-bond acceptors (Lipinski definition) is 6. The fraction of sp³-hybridized carbons (Fsp3) is 0.481. The van der Waals surface area contributed by atoms with Crippen LogP contribution in [-0.2, 0) is 10.0 Å². The normalized spacial score (nSPS) is 18.9. The first-order chi connectivity index (χ1) is 17.8. The van der Waals surface area contributed by atoms with Gasteiger partial charge in [-0.15, -0.1) is 0 Å². The molecule has 2 aromatic carbocycles. The van der Waals surface area contributed by atoms with Crippen molar-refractivity contribution in [1.82, 2.24) is 14.5 Å². The van der Waals surface area contributed by atoms with E-state index < -0.39 is 28.2 Å². The molecule has 2 aromatic rings. The number of aryl methyl sites for hydroxylation is 1. The lowest BCUT2D eigenvalue weighted by Gasteiger charge is -2.38. The van der Waals surface area contributed by atoms with Crippen LogP contribution in [0.5, 0.6) is 5.75 Å². The summed E-state index contributed by atoms with van der Waals surface area (Å²) in [6.45, 7) is 9.24. The first-order valence-electron chi connectivity index (χ1n) is 12.7. The van der Waals surface area contributed by atoms with Crippen LogP contribution in [0.4, 0.5) is 10.5 Å². The Kier molecular flexibility index (Phi) is 9.40. The minimum Gasteiger partial charge on any atom is -0.488 e. The fourth-order valence-corrected chi connectivity index (χ4v) is 5.37. The summed E-state index contributed by atoms with van der Waals surface area (Å²) in [5.74, 6) is -0.329. The SMILES string of the molecule is Cc1ccc(S(=O)(=O)N(C)C[C@@H]2Oc3ccc(NC(=O)NC(C)C)cc3C(=O)N([C@@H](C)CO)C[C@@H]2C)cc1.